The Labute approximate surface area is 109 Å². The van der Waals surface area contributed by atoms with E-state index in [0.717, 1.165) is 21.9 Å². The number of halogens is 2. The van der Waals surface area contributed by atoms with Crippen LogP contribution < -0.4 is 5.32 Å². The van der Waals surface area contributed by atoms with E-state index >= 15 is 0 Å². The van der Waals surface area contributed by atoms with Crippen LogP contribution in [0.25, 0.3) is 6.08 Å². The summed E-state index contributed by atoms with van der Waals surface area (Å²) in [4.78, 5) is 1.18. The molecule has 84 valence electrons. The van der Waals surface area contributed by atoms with Crippen molar-refractivity contribution in [3.8, 4) is 0 Å². The molecule has 0 amide bonds. The second-order valence-electron chi connectivity index (χ2n) is 3.72. The second kappa shape index (κ2) is 6.69. The molecule has 1 rings (SSSR count). The van der Waals surface area contributed by atoms with Crippen LogP contribution in [0.15, 0.2) is 16.6 Å². The van der Waals surface area contributed by atoms with Gasteiger partial charge in [-0.3, -0.25) is 0 Å². The Morgan fingerprint density at radius 2 is 2.33 bits per heavy atom. The maximum Gasteiger partial charge on any atom is 0.108 e. The lowest BCUT2D eigenvalue weighted by atomic mass is 10.2. The van der Waals surface area contributed by atoms with Crippen molar-refractivity contribution < 1.29 is 0 Å². The van der Waals surface area contributed by atoms with Gasteiger partial charge in [-0.1, -0.05) is 31.5 Å². The Hall–Kier alpha value is 0.170. The fourth-order valence-electron chi connectivity index (χ4n) is 1.08. The van der Waals surface area contributed by atoms with Gasteiger partial charge in [-0.05, 0) is 40.5 Å². The molecular weight excluding hydrogens is 294 g/mol. The van der Waals surface area contributed by atoms with Gasteiger partial charge in [-0.25, -0.2) is 0 Å². The van der Waals surface area contributed by atoms with Gasteiger partial charge < -0.3 is 5.32 Å². The summed E-state index contributed by atoms with van der Waals surface area (Å²) in [6, 6.07) is 2.03. The molecule has 0 unspecified atom stereocenters. The van der Waals surface area contributed by atoms with Crippen molar-refractivity contribution in [2.24, 2.45) is 5.92 Å². The summed E-state index contributed by atoms with van der Waals surface area (Å²) < 4.78 is 1.79. The SMILES string of the molecule is CC(C)CNC/C=C/c1cc(Br)c(Cl)s1. The molecular formula is C11H15BrClNS. The molecule has 0 spiro atoms. The minimum absolute atomic E-state index is 0.698. The molecule has 0 aliphatic carbocycles. The van der Waals surface area contributed by atoms with E-state index in [2.05, 4.69) is 47.2 Å². The molecule has 0 fully saturated rings. The first-order valence-corrected chi connectivity index (χ1v) is 6.90. The molecule has 0 saturated heterocycles. The average molecular weight is 309 g/mol. The predicted molar refractivity (Wildman–Crippen MR) is 73.8 cm³/mol. The summed E-state index contributed by atoms with van der Waals surface area (Å²) in [6.07, 6.45) is 4.21. The molecule has 1 aromatic heterocycles. The Morgan fingerprint density at radius 1 is 1.60 bits per heavy atom. The van der Waals surface area contributed by atoms with Crippen molar-refractivity contribution in [2.45, 2.75) is 13.8 Å². The van der Waals surface area contributed by atoms with E-state index in [1.54, 1.807) is 11.3 Å². The first kappa shape index (κ1) is 13.2. The molecule has 1 aromatic rings. The minimum atomic E-state index is 0.698. The van der Waals surface area contributed by atoms with Crippen LogP contribution in [0.1, 0.15) is 18.7 Å². The topological polar surface area (TPSA) is 12.0 Å². The molecule has 0 aromatic carbocycles. The van der Waals surface area contributed by atoms with Crippen molar-refractivity contribution in [3.05, 3.63) is 25.8 Å². The molecule has 0 saturated carbocycles. The van der Waals surface area contributed by atoms with Gasteiger partial charge in [0.25, 0.3) is 0 Å². The highest BCUT2D eigenvalue weighted by molar-refractivity contribution is 9.10. The standard InChI is InChI=1S/C11H15BrClNS/c1-8(2)7-14-5-3-4-9-6-10(12)11(13)15-9/h3-4,6,8,14H,5,7H2,1-2H3/b4-3+. The van der Waals surface area contributed by atoms with Gasteiger partial charge in [0.15, 0.2) is 0 Å². The lowest BCUT2D eigenvalue weighted by Gasteiger charge is -2.03. The molecule has 0 bridgehead atoms. The zero-order chi connectivity index (χ0) is 11.3. The van der Waals surface area contributed by atoms with Crippen LogP contribution in [-0.4, -0.2) is 13.1 Å². The summed E-state index contributed by atoms with van der Waals surface area (Å²) in [5, 5.41) is 3.35. The maximum atomic E-state index is 5.93. The van der Waals surface area contributed by atoms with Gasteiger partial charge in [-0.2, -0.15) is 0 Å². The molecule has 0 radical (unpaired) electrons. The van der Waals surface area contributed by atoms with Crippen LogP contribution in [0.2, 0.25) is 4.34 Å². The Balaban J connectivity index is 2.32. The quantitative estimate of drug-likeness (QED) is 0.794. The summed E-state index contributed by atoms with van der Waals surface area (Å²) in [6.45, 7) is 6.37. The van der Waals surface area contributed by atoms with Gasteiger partial charge in [0.05, 0.1) is 0 Å². The molecule has 15 heavy (non-hydrogen) atoms. The van der Waals surface area contributed by atoms with E-state index in [0.29, 0.717) is 5.92 Å². The van der Waals surface area contributed by atoms with Crippen LogP contribution in [0, 0.1) is 5.92 Å². The molecule has 0 aliphatic heterocycles. The Bertz CT molecular complexity index is 314. The van der Waals surface area contributed by atoms with Crippen molar-refractivity contribution in [2.75, 3.05) is 13.1 Å². The normalized spacial score (nSPS) is 11.8. The number of hydrogen-bond donors (Lipinski definition) is 1. The van der Waals surface area contributed by atoms with Crippen LogP contribution in [0.4, 0.5) is 0 Å². The van der Waals surface area contributed by atoms with Gasteiger partial charge in [0.2, 0.25) is 0 Å². The lowest BCUT2D eigenvalue weighted by Crippen LogP contribution is -2.19. The lowest BCUT2D eigenvalue weighted by molar-refractivity contribution is 0.577. The van der Waals surface area contributed by atoms with E-state index < -0.39 is 0 Å². The Kier molecular flexibility index (Phi) is 5.90. The van der Waals surface area contributed by atoms with Gasteiger partial charge >= 0.3 is 0 Å². The zero-order valence-electron chi connectivity index (χ0n) is 8.89. The van der Waals surface area contributed by atoms with E-state index in [9.17, 15) is 0 Å². The molecule has 4 heteroatoms. The van der Waals surface area contributed by atoms with Crippen LogP contribution in [0.5, 0.6) is 0 Å². The third-order valence-corrected chi connectivity index (χ3v) is 4.20. The van der Waals surface area contributed by atoms with Crippen molar-refractivity contribution in [1.82, 2.24) is 5.32 Å². The van der Waals surface area contributed by atoms with Crippen LogP contribution in [0.3, 0.4) is 0 Å². The first-order valence-electron chi connectivity index (χ1n) is 4.91. The molecule has 0 atom stereocenters. The zero-order valence-corrected chi connectivity index (χ0v) is 12.0. The Morgan fingerprint density at radius 3 is 2.87 bits per heavy atom. The van der Waals surface area contributed by atoms with Crippen molar-refractivity contribution in [3.63, 3.8) is 0 Å². The summed E-state index contributed by atoms with van der Waals surface area (Å²) in [7, 11) is 0. The highest BCUT2D eigenvalue weighted by Gasteiger charge is 2.00. The number of hydrogen-bond acceptors (Lipinski definition) is 2. The fourth-order valence-corrected chi connectivity index (χ4v) is 2.74. The van der Waals surface area contributed by atoms with E-state index in [-0.39, 0.29) is 0 Å². The molecule has 0 aliphatic rings. The fraction of sp³-hybridized carbons (Fsp3) is 0.455. The first-order chi connectivity index (χ1) is 7.09. The third kappa shape index (κ3) is 5.16. The minimum Gasteiger partial charge on any atom is -0.313 e. The highest BCUT2D eigenvalue weighted by atomic mass is 79.9. The number of rotatable bonds is 5. The van der Waals surface area contributed by atoms with E-state index in [1.165, 1.54) is 4.88 Å². The summed E-state index contributed by atoms with van der Waals surface area (Å²) in [5.74, 6) is 0.698. The van der Waals surface area contributed by atoms with Crippen molar-refractivity contribution in [1.29, 1.82) is 0 Å². The second-order valence-corrected chi connectivity index (χ2v) is 6.27. The molecule has 1 heterocycles. The number of thiophene rings is 1. The van der Waals surface area contributed by atoms with Crippen LogP contribution in [-0.2, 0) is 0 Å². The van der Waals surface area contributed by atoms with E-state index in [4.69, 9.17) is 11.6 Å². The van der Waals surface area contributed by atoms with Gasteiger partial charge in [0.1, 0.15) is 4.34 Å². The number of nitrogens with one attached hydrogen (secondary N) is 1. The van der Waals surface area contributed by atoms with Crippen LogP contribution >= 0.6 is 38.9 Å². The monoisotopic (exact) mass is 307 g/mol. The van der Waals surface area contributed by atoms with Crippen molar-refractivity contribution >= 4 is 44.9 Å². The average Bonchev–Trinajstić information content (AvgIpc) is 2.45. The largest absolute Gasteiger partial charge is 0.313 e. The van der Waals surface area contributed by atoms with Gasteiger partial charge in [-0.15, -0.1) is 11.3 Å². The predicted octanol–water partition coefficient (Wildman–Crippen LogP) is 4.42. The van der Waals surface area contributed by atoms with Gasteiger partial charge in [0, 0.05) is 15.9 Å². The molecule has 1 nitrogen and oxygen atoms in total. The summed E-state index contributed by atoms with van der Waals surface area (Å²) >= 11 is 10.9. The summed E-state index contributed by atoms with van der Waals surface area (Å²) in [5.41, 5.74) is 0. The van der Waals surface area contributed by atoms with E-state index in [1.807, 2.05) is 6.07 Å². The molecule has 1 N–H and O–H groups in total. The smallest absolute Gasteiger partial charge is 0.108 e. The highest BCUT2D eigenvalue weighted by Crippen LogP contribution is 2.32. The third-order valence-electron chi connectivity index (χ3n) is 1.76. The maximum absolute atomic E-state index is 5.93.